The van der Waals surface area contributed by atoms with Crippen molar-refractivity contribution in [3.05, 3.63) is 30.3 Å². The summed E-state index contributed by atoms with van der Waals surface area (Å²) in [4.78, 5) is 20.4. The van der Waals surface area contributed by atoms with Gasteiger partial charge in [-0.1, -0.05) is 18.2 Å². The fourth-order valence-electron chi connectivity index (χ4n) is 0.842. The number of aliphatic hydroxyl groups is 1. The van der Waals surface area contributed by atoms with E-state index < -0.39 is 5.60 Å². The molecule has 0 bridgehead atoms. The number of ether oxygens (including phenoxy) is 1. The zero-order chi connectivity index (χ0) is 14.2. The van der Waals surface area contributed by atoms with Crippen LogP contribution in [0.25, 0.3) is 0 Å². The Morgan fingerprint density at radius 1 is 1.17 bits per heavy atom. The molecule has 1 rings (SSSR count). The molecule has 0 heterocycles. The first-order valence-electron chi connectivity index (χ1n) is 5.64. The van der Waals surface area contributed by atoms with Gasteiger partial charge in [-0.3, -0.25) is 4.79 Å². The maximum absolute atomic E-state index is 11.0. The Labute approximate surface area is 108 Å². The average Bonchev–Trinajstić information content (AvgIpc) is 2.27. The molecule has 18 heavy (non-hydrogen) atoms. The highest BCUT2D eigenvalue weighted by atomic mass is 16.5. The van der Waals surface area contributed by atoms with Gasteiger partial charge in [0.2, 0.25) is 0 Å². The number of benzene rings is 1. The van der Waals surface area contributed by atoms with Crippen LogP contribution >= 0.6 is 0 Å². The molecule has 0 aliphatic heterocycles. The molecule has 0 aliphatic rings. The summed E-state index contributed by atoms with van der Waals surface area (Å²) in [5.41, 5.74) is -1.41. The van der Waals surface area contributed by atoms with Crippen LogP contribution in [0.1, 0.15) is 27.7 Å². The Hall–Kier alpha value is -1.68. The van der Waals surface area contributed by atoms with E-state index in [1.54, 1.807) is 12.1 Å². The zero-order valence-electron chi connectivity index (χ0n) is 11.3. The minimum atomic E-state index is -1.41. The molecular formula is C14H20O4. The number of carbonyl (C=O) groups excluding carboxylic acids is 2. The van der Waals surface area contributed by atoms with Gasteiger partial charge in [-0.25, -0.2) is 0 Å². The maximum atomic E-state index is 11.0. The van der Waals surface area contributed by atoms with Crippen molar-refractivity contribution in [2.75, 3.05) is 6.61 Å². The molecule has 1 unspecified atom stereocenters. The SMILES string of the molecule is CC(=O)C(C)(O)COc1ccccc1.CC(C)=O. The summed E-state index contributed by atoms with van der Waals surface area (Å²) in [5.74, 6) is 0.516. The van der Waals surface area contributed by atoms with E-state index in [4.69, 9.17) is 4.74 Å². The summed E-state index contributed by atoms with van der Waals surface area (Å²) in [5, 5.41) is 9.58. The largest absolute Gasteiger partial charge is 0.490 e. The summed E-state index contributed by atoms with van der Waals surface area (Å²) < 4.78 is 5.26. The number of hydrogen-bond donors (Lipinski definition) is 1. The topological polar surface area (TPSA) is 63.6 Å². The Balaban J connectivity index is 0.000000631. The predicted octanol–water partition coefficient (Wildman–Crippen LogP) is 2.00. The Morgan fingerprint density at radius 2 is 1.61 bits per heavy atom. The van der Waals surface area contributed by atoms with Gasteiger partial charge in [0, 0.05) is 0 Å². The number of para-hydroxylation sites is 1. The van der Waals surface area contributed by atoms with Crippen molar-refractivity contribution in [3.8, 4) is 5.75 Å². The summed E-state index contributed by atoms with van der Waals surface area (Å²) in [6, 6.07) is 9.08. The maximum Gasteiger partial charge on any atom is 0.164 e. The van der Waals surface area contributed by atoms with Gasteiger partial charge in [0.15, 0.2) is 11.4 Å². The van der Waals surface area contributed by atoms with Crippen molar-refractivity contribution in [2.24, 2.45) is 0 Å². The number of hydrogen-bond acceptors (Lipinski definition) is 4. The third kappa shape index (κ3) is 7.57. The third-order valence-corrected chi connectivity index (χ3v) is 2.02. The van der Waals surface area contributed by atoms with E-state index in [9.17, 15) is 14.7 Å². The van der Waals surface area contributed by atoms with Crippen LogP contribution < -0.4 is 4.74 Å². The molecule has 4 heteroatoms. The van der Waals surface area contributed by atoms with Crippen molar-refractivity contribution < 1.29 is 19.4 Å². The first kappa shape index (κ1) is 16.3. The second-order valence-electron chi connectivity index (χ2n) is 4.34. The molecule has 0 spiro atoms. The summed E-state index contributed by atoms with van der Waals surface area (Å²) in [6.45, 7) is 5.82. The molecule has 100 valence electrons. The van der Waals surface area contributed by atoms with E-state index in [0.717, 1.165) is 0 Å². The van der Waals surface area contributed by atoms with Crippen LogP contribution in [0.15, 0.2) is 30.3 Å². The molecule has 1 N–H and O–H groups in total. The highest BCUT2D eigenvalue weighted by Crippen LogP contribution is 2.12. The van der Waals surface area contributed by atoms with E-state index in [1.807, 2.05) is 18.2 Å². The van der Waals surface area contributed by atoms with Crippen LogP contribution in [-0.4, -0.2) is 28.9 Å². The summed E-state index contributed by atoms with van der Waals surface area (Å²) in [7, 11) is 0. The average molecular weight is 252 g/mol. The van der Waals surface area contributed by atoms with Crippen LogP contribution in [0.4, 0.5) is 0 Å². The molecule has 0 saturated heterocycles. The molecule has 0 aliphatic carbocycles. The lowest BCUT2D eigenvalue weighted by Gasteiger charge is -2.19. The fraction of sp³-hybridized carbons (Fsp3) is 0.429. The lowest BCUT2D eigenvalue weighted by molar-refractivity contribution is -0.136. The summed E-state index contributed by atoms with van der Waals surface area (Å²) in [6.07, 6.45) is 0. The quantitative estimate of drug-likeness (QED) is 0.890. The monoisotopic (exact) mass is 252 g/mol. The molecule has 0 aromatic heterocycles. The Morgan fingerprint density at radius 3 is 2.00 bits per heavy atom. The molecule has 1 aromatic rings. The first-order chi connectivity index (χ1) is 8.25. The van der Waals surface area contributed by atoms with Crippen LogP contribution in [0.2, 0.25) is 0 Å². The van der Waals surface area contributed by atoms with Crippen molar-refractivity contribution in [1.82, 2.24) is 0 Å². The number of ketones is 2. The fourth-order valence-corrected chi connectivity index (χ4v) is 0.842. The molecule has 0 amide bonds. The second kappa shape index (κ2) is 7.61. The van der Waals surface area contributed by atoms with Gasteiger partial charge in [0.05, 0.1) is 0 Å². The van der Waals surface area contributed by atoms with Crippen LogP contribution in [0.3, 0.4) is 0 Å². The predicted molar refractivity (Wildman–Crippen MR) is 69.6 cm³/mol. The number of carbonyl (C=O) groups is 2. The zero-order valence-corrected chi connectivity index (χ0v) is 11.3. The van der Waals surface area contributed by atoms with Gasteiger partial charge in [0.1, 0.15) is 18.1 Å². The van der Waals surface area contributed by atoms with Crippen molar-refractivity contribution in [2.45, 2.75) is 33.3 Å². The molecule has 0 radical (unpaired) electrons. The first-order valence-corrected chi connectivity index (χ1v) is 5.64. The molecular weight excluding hydrogens is 232 g/mol. The van der Waals surface area contributed by atoms with Gasteiger partial charge in [0.25, 0.3) is 0 Å². The normalized spacial score (nSPS) is 12.7. The van der Waals surface area contributed by atoms with E-state index in [1.165, 1.54) is 27.7 Å². The van der Waals surface area contributed by atoms with Gasteiger partial charge in [-0.05, 0) is 39.8 Å². The van der Waals surface area contributed by atoms with E-state index in [-0.39, 0.29) is 18.2 Å². The van der Waals surface area contributed by atoms with Gasteiger partial charge in [-0.15, -0.1) is 0 Å². The van der Waals surface area contributed by atoms with E-state index in [0.29, 0.717) is 5.75 Å². The molecule has 0 fully saturated rings. The highest BCUT2D eigenvalue weighted by molar-refractivity contribution is 5.84. The lowest BCUT2D eigenvalue weighted by Crippen LogP contribution is -2.39. The van der Waals surface area contributed by atoms with Crippen LogP contribution in [0.5, 0.6) is 5.75 Å². The second-order valence-corrected chi connectivity index (χ2v) is 4.34. The number of rotatable bonds is 4. The smallest absolute Gasteiger partial charge is 0.164 e. The van der Waals surface area contributed by atoms with E-state index in [2.05, 4.69) is 0 Å². The lowest BCUT2D eigenvalue weighted by atomic mass is 10.0. The minimum Gasteiger partial charge on any atom is -0.490 e. The van der Waals surface area contributed by atoms with Crippen molar-refractivity contribution in [1.29, 1.82) is 0 Å². The van der Waals surface area contributed by atoms with Gasteiger partial charge < -0.3 is 14.6 Å². The Bertz CT molecular complexity index is 378. The van der Waals surface area contributed by atoms with Crippen molar-refractivity contribution in [3.63, 3.8) is 0 Å². The third-order valence-electron chi connectivity index (χ3n) is 2.02. The highest BCUT2D eigenvalue weighted by Gasteiger charge is 2.27. The summed E-state index contributed by atoms with van der Waals surface area (Å²) >= 11 is 0. The minimum absolute atomic E-state index is 0.0215. The Kier molecular flexibility index (Phi) is 6.90. The number of Topliss-reactive ketones (excluding diaryl/α,β-unsaturated/α-hetero) is 2. The van der Waals surface area contributed by atoms with Crippen molar-refractivity contribution >= 4 is 11.6 Å². The molecule has 1 atom stereocenters. The van der Waals surface area contributed by atoms with Crippen LogP contribution in [-0.2, 0) is 9.59 Å². The van der Waals surface area contributed by atoms with E-state index >= 15 is 0 Å². The van der Waals surface area contributed by atoms with Crippen LogP contribution in [0, 0.1) is 0 Å². The molecule has 0 saturated carbocycles. The van der Waals surface area contributed by atoms with Gasteiger partial charge in [-0.2, -0.15) is 0 Å². The standard InChI is InChI=1S/C11H14O3.C3H6O/c1-9(12)11(2,13)8-14-10-6-4-3-5-7-10;1-3(2)4/h3-7,13H,8H2,1-2H3;1-2H3. The molecule has 4 nitrogen and oxygen atoms in total. The molecule has 1 aromatic carbocycles. The van der Waals surface area contributed by atoms with Gasteiger partial charge >= 0.3 is 0 Å².